The fourth-order valence-corrected chi connectivity index (χ4v) is 1.70. The van der Waals surface area contributed by atoms with Crippen molar-refractivity contribution in [3.8, 4) is 5.69 Å². The van der Waals surface area contributed by atoms with Crippen LogP contribution in [0.5, 0.6) is 0 Å². The molecule has 1 heterocycles. The number of carbonyl (C=O) groups is 1. The number of hydrogen-bond acceptors (Lipinski definition) is 2. The van der Waals surface area contributed by atoms with E-state index in [-0.39, 0.29) is 16.4 Å². The predicted octanol–water partition coefficient (Wildman–Crippen LogP) is 3.03. The third kappa shape index (κ3) is 2.87. The van der Waals surface area contributed by atoms with E-state index >= 15 is 0 Å². The molecule has 1 amide bonds. The maximum Gasteiger partial charge on any atom is 0.471 e. The number of para-hydroxylation sites is 1. The van der Waals surface area contributed by atoms with Crippen molar-refractivity contribution < 1.29 is 18.0 Å². The quantitative estimate of drug-likeness (QED) is 0.924. The Balaban J connectivity index is 2.42. The Hall–Kier alpha value is -2.02. The zero-order valence-electron chi connectivity index (χ0n) is 9.28. The Morgan fingerprint density at radius 2 is 2.05 bits per heavy atom. The van der Waals surface area contributed by atoms with Gasteiger partial charge in [-0.05, 0) is 18.2 Å². The molecular formula is C11H7ClF3N3O. The summed E-state index contributed by atoms with van der Waals surface area (Å²) >= 11 is 5.93. The van der Waals surface area contributed by atoms with E-state index < -0.39 is 12.1 Å². The summed E-state index contributed by atoms with van der Waals surface area (Å²) in [5, 5.41) is 5.82. The lowest BCUT2D eigenvalue weighted by Gasteiger charge is -2.13. The molecule has 8 heteroatoms. The van der Waals surface area contributed by atoms with Crippen molar-refractivity contribution in [3.05, 3.63) is 41.7 Å². The van der Waals surface area contributed by atoms with Gasteiger partial charge in [0.1, 0.15) is 5.69 Å². The SMILES string of the molecule is O=C(Nc1cccc(Cl)c1-n1cccn1)C(F)(F)F. The third-order valence-electron chi connectivity index (χ3n) is 2.23. The van der Waals surface area contributed by atoms with Gasteiger partial charge in [0, 0.05) is 12.4 Å². The molecule has 1 N–H and O–H groups in total. The summed E-state index contributed by atoms with van der Waals surface area (Å²) in [4.78, 5) is 11.0. The van der Waals surface area contributed by atoms with E-state index in [2.05, 4.69) is 5.10 Å². The van der Waals surface area contributed by atoms with Gasteiger partial charge in [-0.1, -0.05) is 17.7 Å². The summed E-state index contributed by atoms with van der Waals surface area (Å²) in [5.41, 5.74) is 0.102. The Bertz CT molecular complexity index is 596. The summed E-state index contributed by atoms with van der Waals surface area (Å²) in [7, 11) is 0. The average molecular weight is 290 g/mol. The number of alkyl halides is 3. The minimum absolute atomic E-state index is 0.0708. The first-order valence-corrected chi connectivity index (χ1v) is 5.44. The molecule has 0 spiro atoms. The van der Waals surface area contributed by atoms with Crippen LogP contribution in [0.3, 0.4) is 0 Å². The highest BCUT2D eigenvalue weighted by molar-refractivity contribution is 6.33. The van der Waals surface area contributed by atoms with Crippen molar-refractivity contribution in [1.29, 1.82) is 0 Å². The lowest BCUT2D eigenvalue weighted by Crippen LogP contribution is -2.30. The summed E-state index contributed by atoms with van der Waals surface area (Å²) in [6, 6.07) is 5.81. The van der Waals surface area contributed by atoms with Crippen LogP contribution in [0.25, 0.3) is 5.69 Å². The highest BCUT2D eigenvalue weighted by Gasteiger charge is 2.39. The first kappa shape index (κ1) is 13.4. The van der Waals surface area contributed by atoms with Crippen LogP contribution in [0, 0.1) is 0 Å². The molecule has 0 radical (unpaired) electrons. The summed E-state index contributed by atoms with van der Waals surface area (Å²) in [5.74, 6) is -2.07. The van der Waals surface area contributed by atoms with E-state index in [9.17, 15) is 18.0 Å². The molecule has 0 aliphatic carbocycles. The maximum absolute atomic E-state index is 12.2. The molecule has 1 aromatic heterocycles. The fraction of sp³-hybridized carbons (Fsp3) is 0.0909. The number of aromatic nitrogens is 2. The Labute approximate surface area is 110 Å². The predicted molar refractivity (Wildman–Crippen MR) is 63.3 cm³/mol. The summed E-state index contributed by atoms with van der Waals surface area (Å²) in [6.45, 7) is 0. The van der Waals surface area contributed by atoms with Crippen molar-refractivity contribution in [1.82, 2.24) is 9.78 Å². The zero-order chi connectivity index (χ0) is 14.0. The van der Waals surface area contributed by atoms with Gasteiger partial charge in [0.2, 0.25) is 0 Å². The summed E-state index contributed by atoms with van der Waals surface area (Å²) in [6.07, 6.45) is -2.02. The van der Waals surface area contributed by atoms with Crippen LogP contribution in [0.2, 0.25) is 5.02 Å². The molecule has 0 fully saturated rings. The van der Waals surface area contributed by atoms with Gasteiger partial charge < -0.3 is 5.32 Å². The second-order valence-electron chi connectivity index (χ2n) is 3.54. The first-order chi connectivity index (χ1) is 8.89. The van der Waals surface area contributed by atoms with Gasteiger partial charge >= 0.3 is 12.1 Å². The van der Waals surface area contributed by atoms with Crippen LogP contribution in [0.1, 0.15) is 0 Å². The Morgan fingerprint density at radius 3 is 2.63 bits per heavy atom. The molecule has 2 aromatic rings. The van der Waals surface area contributed by atoms with Crippen molar-refractivity contribution in [2.24, 2.45) is 0 Å². The number of nitrogens with one attached hydrogen (secondary N) is 1. The highest BCUT2D eigenvalue weighted by Crippen LogP contribution is 2.29. The second-order valence-corrected chi connectivity index (χ2v) is 3.95. The number of halogens is 4. The minimum Gasteiger partial charge on any atom is -0.316 e. The molecule has 4 nitrogen and oxygen atoms in total. The molecule has 0 aliphatic heterocycles. The van der Waals surface area contributed by atoms with Crippen LogP contribution in [-0.4, -0.2) is 21.9 Å². The number of hydrogen-bond donors (Lipinski definition) is 1. The number of rotatable bonds is 2. The molecule has 1 aromatic carbocycles. The molecule has 0 atom stereocenters. The molecule has 0 saturated carbocycles. The van der Waals surface area contributed by atoms with Crippen molar-refractivity contribution in [3.63, 3.8) is 0 Å². The third-order valence-corrected chi connectivity index (χ3v) is 2.53. The van der Waals surface area contributed by atoms with Gasteiger partial charge in [-0.2, -0.15) is 18.3 Å². The van der Waals surface area contributed by atoms with E-state index in [0.29, 0.717) is 0 Å². The molecule has 100 valence electrons. The lowest BCUT2D eigenvalue weighted by molar-refractivity contribution is -0.167. The average Bonchev–Trinajstić information content (AvgIpc) is 2.81. The molecule has 0 saturated heterocycles. The standard InChI is InChI=1S/C11H7ClF3N3O/c12-7-3-1-4-8(17-10(19)11(13,14)15)9(7)18-6-2-5-16-18/h1-6H,(H,17,19). The summed E-state index contributed by atoms with van der Waals surface area (Å²) < 4.78 is 38.0. The molecule has 19 heavy (non-hydrogen) atoms. The van der Waals surface area contributed by atoms with Crippen molar-refractivity contribution >= 4 is 23.2 Å². The molecular weight excluding hydrogens is 283 g/mol. The van der Waals surface area contributed by atoms with Crippen LogP contribution in [-0.2, 0) is 4.79 Å². The van der Waals surface area contributed by atoms with E-state index in [1.807, 2.05) is 0 Å². The second kappa shape index (κ2) is 4.93. The maximum atomic E-state index is 12.2. The van der Waals surface area contributed by atoms with Gasteiger partial charge in [0.15, 0.2) is 0 Å². The van der Waals surface area contributed by atoms with Gasteiger partial charge in [-0.25, -0.2) is 4.68 Å². The zero-order valence-corrected chi connectivity index (χ0v) is 10.0. The Kier molecular flexibility index (Phi) is 3.48. The Morgan fingerprint density at radius 1 is 1.32 bits per heavy atom. The van der Waals surface area contributed by atoms with E-state index in [1.165, 1.54) is 35.3 Å². The van der Waals surface area contributed by atoms with Gasteiger partial charge in [-0.3, -0.25) is 4.79 Å². The number of anilines is 1. The van der Waals surface area contributed by atoms with Crippen molar-refractivity contribution in [2.75, 3.05) is 5.32 Å². The largest absolute Gasteiger partial charge is 0.471 e. The molecule has 0 aliphatic rings. The van der Waals surface area contributed by atoms with E-state index in [1.54, 1.807) is 11.4 Å². The minimum atomic E-state index is -4.97. The monoisotopic (exact) mass is 289 g/mol. The molecule has 0 bridgehead atoms. The smallest absolute Gasteiger partial charge is 0.316 e. The van der Waals surface area contributed by atoms with Crippen LogP contribution < -0.4 is 5.32 Å². The number of carbonyl (C=O) groups excluding carboxylic acids is 1. The van der Waals surface area contributed by atoms with Gasteiger partial charge in [0.05, 0.1) is 10.7 Å². The first-order valence-electron chi connectivity index (χ1n) is 5.06. The van der Waals surface area contributed by atoms with Crippen LogP contribution in [0.15, 0.2) is 36.7 Å². The normalized spacial score (nSPS) is 11.4. The number of benzene rings is 1. The number of nitrogens with zero attached hydrogens (tertiary/aromatic N) is 2. The molecule has 0 unspecified atom stereocenters. The van der Waals surface area contributed by atoms with E-state index in [4.69, 9.17) is 11.6 Å². The fourth-order valence-electron chi connectivity index (χ4n) is 1.44. The molecule has 2 rings (SSSR count). The van der Waals surface area contributed by atoms with Crippen LogP contribution in [0.4, 0.5) is 18.9 Å². The van der Waals surface area contributed by atoms with Gasteiger partial charge in [-0.15, -0.1) is 0 Å². The highest BCUT2D eigenvalue weighted by atomic mass is 35.5. The van der Waals surface area contributed by atoms with E-state index in [0.717, 1.165) is 0 Å². The lowest BCUT2D eigenvalue weighted by atomic mass is 10.2. The van der Waals surface area contributed by atoms with Gasteiger partial charge in [0.25, 0.3) is 0 Å². The number of amides is 1. The van der Waals surface area contributed by atoms with Crippen molar-refractivity contribution in [2.45, 2.75) is 6.18 Å². The topological polar surface area (TPSA) is 46.9 Å². The van der Waals surface area contributed by atoms with Crippen LogP contribution >= 0.6 is 11.6 Å².